The minimum absolute atomic E-state index is 0.0458. The van der Waals surface area contributed by atoms with Crippen molar-refractivity contribution in [3.05, 3.63) is 42.0 Å². The number of hydrogen-bond donors (Lipinski definition) is 0. The molecule has 1 amide bonds. The lowest BCUT2D eigenvalue weighted by Gasteiger charge is -2.25. The van der Waals surface area contributed by atoms with Crippen molar-refractivity contribution in [2.45, 2.75) is 25.3 Å². The van der Waals surface area contributed by atoms with Gasteiger partial charge in [-0.15, -0.1) is 5.10 Å². The average molecular weight is 286 g/mol. The fourth-order valence-corrected chi connectivity index (χ4v) is 3.40. The van der Waals surface area contributed by atoms with Crippen molar-refractivity contribution in [2.75, 3.05) is 6.54 Å². The molecule has 2 aliphatic rings. The van der Waals surface area contributed by atoms with Gasteiger partial charge >= 0.3 is 0 Å². The molecular weight excluding hydrogens is 271 g/mol. The number of hydrogen-bond acceptors (Lipinski definition) is 3. The van der Waals surface area contributed by atoms with Crippen molar-refractivity contribution < 1.29 is 9.18 Å². The van der Waals surface area contributed by atoms with E-state index in [4.69, 9.17) is 0 Å². The highest BCUT2D eigenvalue weighted by Gasteiger charge is 2.41. The van der Waals surface area contributed by atoms with E-state index in [9.17, 15) is 9.18 Å². The lowest BCUT2D eigenvalue weighted by Crippen LogP contribution is -2.37. The third kappa shape index (κ3) is 2.11. The molecule has 2 bridgehead atoms. The van der Waals surface area contributed by atoms with Gasteiger partial charge in [-0.25, -0.2) is 9.07 Å². The minimum atomic E-state index is -0.303. The third-order valence-corrected chi connectivity index (χ3v) is 4.47. The first-order valence-electron chi connectivity index (χ1n) is 7.20. The van der Waals surface area contributed by atoms with Gasteiger partial charge in [0.25, 0.3) is 5.91 Å². The largest absolute Gasteiger partial charge is 0.334 e. The normalized spacial score (nSPS) is 23.8. The highest BCUT2D eigenvalue weighted by atomic mass is 19.1. The fourth-order valence-electron chi connectivity index (χ4n) is 3.40. The summed E-state index contributed by atoms with van der Waals surface area (Å²) in [5, 5.41) is 7.94. The molecule has 5 nitrogen and oxygen atoms in total. The number of benzene rings is 1. The molecule has 2 fully saturated rings. The van der Waals surface area contributed by atoms with E-state index in [1.54, 1.807) is 18.3 Å². The van der Waals surface area contributed by atoms with Gasteiger partial charge in [-0.1, -0.05) is 5.21 Å². The Morgan fingerprint density at radius 1 is 1.24 bits per heavy atom. The number of aromatic nitrogens is 3. The number of halogens is 1. The summed E-state index contributed by atoms with van der Waals surface area (Å²) < 4.78 is 14.4. The minimum Gasteiger partial charge on any atom is -0.334 e. The van der Waals surface area contributed by atoms with Crippen LogP contribution in [0.25, 0.3) is 5.69 Å². The molecule has 2 atom stereocenters. The standard InChI is InChI=1S/C15H15FN4O/c16-11-2-5-12(6-3-11)20-9-14(17-18-20)15(21)19-8-10-1-4-13(19)7-10/h2-3,5-6,9-10,13H,1,4,7-8H2. The van der Waals surface area contributed by atoms with Crippen LogP contribution >= 0.6 is 0 Å². The van der Waals surface area contributed by atoms with Crippen LogP contribution < -0.4 is 0 Å². The van der Waals surface area contributed by atoms with E-state index in [1.165, 1.54) is 23.2 Å². The molecule has 108 valence electrons. The Kier molecular flexibility index (Phi) is 2.77. The molecular formula is C15H15FN4O. The Hall–Kier alpha value is -2.24. The van der Waals surface area contributed by atoms with Gasteiger partial charge in [0, 0.05) is 12.6 Å². The molecule has 0 N–H and O–H groups in total. The van der Waals surface area contributed by atoms with Crippen molar-refractivity contribution in [2.24, 2.45) is 5.92 Å². The molecule has 1 aliphatic carbocycles. The monoisotopic (exact) mass is 286 g/mol. The van der Waals surface area contributed by atoms with Crippen LogP contribution in [-0.4, -0.2) is 38.4 Å². The van der Waals surface area contributed by atoms with Crippen molar-refractivity contribution in [1.82, 2.24) is 19.9 Å². The predicted molar refractivity (Wildman–Crippen MR) is 73.5 cm³/mol. The highest BCUT2D eigenvalue weighted by molar-refractivity contribution is 5.92. The number of carbonyl (C=O) groups excluding carboxylic acids is 1. The summed E-state index contributed by atoms with van der Waals surface area (Å²) in [4.78, 5) is 14.4. The smallest absolute Gasteiger partial charge is 0.276 e. The van der Waals surface area contributed by atoms with Gasteiger partial charge < -0.3 is 4.90 Å². The Labute approximate surface area is 121 Å². The van der Waals surface area contributed by atoms with Gasteiger partial charge in [-0.2, -0.15) is 0 Å². The number of rotatable bonds is 2. The SMILES string of the molecule is O=C(c1cn(-c2ccc(F)cc2)nn1)N1CC2CCC1C2. The zero-order valence-corrected chi connectivity index (χ0v) is 11.4. The predicted octanol–water partition coefficient (Wildman–Crippen LogP) is 2.03. The summed E-state index contributed by atoms with van der Waals surface area (Å²) in [6.45, 7) is 0.840. The maximum atomic E-state index is 12.9. The van der Waals surface area contributed by atoms with E-state index >= 15 is 0 Å². The maximum absolute atomic E-state index is 12.9. The molecule has 1 aromatic carbocycles. The molecule has 1 aliphatic heterocycles. The Morgan fingerprint density at radius 2 is 2.05 bits per heavy atom. The number of likely N-dealkylation sites (tertiary alicyclic amines) is 1. The second-order valence-corrected chi connectivity index (χ2v) is 5.82. The molecule has 2 aromatic rings. The maximum Gasteiger partial charge on any atom is 0.276 e. The number of nitrogens with zero attached hydrogens (tertiary/aromatic N) is 4. The summed E-state index contributed by atoms with van der Waals surface area (Å²) in [6, 6.07) is 6.31. The molecule has 2 heterocycles. The second-order valence-electron chi connectivity index (χ2n) is 5.82. The molecule has 0 radical (unpaired) electrons. The van der Waals surface area contributed by atoms with Crippen molar-refractivity contribution in [1.29, 1.82) is 0 Å². The van der Waals surface area contributed by atoms with Crippen LogP contribution in [0, 0.1) is 11.7 Å². The van der Waals surface area contributed by atoms with Gasteiger partial charge in [0.05, 0.1) is 11.9 Å². The molecule has 1 saturated heterocycles. The summed E-state index contributed by atoms with van der Waals surface area (Å²) in [7, 11) is 0. The van der Waals surface area contributed by atoms with Gasteiger partial charge in [0.2, 0.25) is 0 Å². The lowest BCUT2D eigenvalue weighted by molar-refractivity contribution is 0.0697. The van der Waals surface area contributed by atoms with Crippen LogP contribution in [0.5, 0.6) is 0 Å². The Balaban J connectivity index is 1.57. The quantitative estimate of drug-likeness (QED) is 0.849. The first kappa shape index (κ1) is 12.5. The average Bonchev–Trinajstić information content (AvgIpc) is 3.23. The molecule has 1 saturated carbocycles. The zero-order chi connectivity index (χ0) is 14.4. The summed E-state index contributed by atoms with van der Waals surface area (Å²) in [5.74, 6) is 0.310. The van der Waals surface area contributed by atoms with E-state index in [2.05, 4.69) is 10.3 Å². The van der Waals surface area contributed by atoms with Crippen molar-refractivity contribution >= 4 is 5.91 Å². The third-order valence-electron chi connectivity index (χ3n) is 4.47. The lowest BCUT2D eigenvalue weighted by atomic mass is 10.1. The molecule has 21 heavy (non-hydrogen) atoms. The Bertz CT molecular complexity index is 681. The van der Waals surface area contributed by atoms with E-state index in [-0.39, 0.29) is 11.7 Å². The van der Waals surface area contributed by atoms with E-state index in [0.29, 0.717) is 23.3 Å². The molecule has 4 rings (SSSR count). The number of piperidine rings is 1. The van der Waals surface area contributed by atoms with E-state index < -0.39 is 0 Å². The van der Waals surface area contributed by atoms with Crippen molar-refractivity contribution in [3.8, 4) is 5.69 Å². The van der Waals surface area contributed by atoms with Crippen LogP contribution in [0.3, 0.4) is 0 Å². The van der Waals surface area contributed by atoms with E-state index in [0.717, 1.165) is 19.4 Å². The van der Waals surface area contributed by atoms with Crippen LogP contribution in [0.1, 0.15) is 29.8 Å². The second kappa shape index (κ2) is 4.65. The summed E-state index contributed by atoms with van der Waals surface area (Å²) in [5.41, 5.74) is 1.04. The topological polar surface area (TPSA) is 51.0 Å². The number of fused-ring (bicyclic) bond motifs is 2. The van der Waals surface area contributed by atoms with Crippen LogP contribution in [0.15, 0.2) is 30.5 Å². The van der Waals surface area contributed by atoms with Crippen LogP contribution in [-0.2, 0) is 0 Å². The van der Waals surface area contributed by atoms with Gasteiger partial charge in [-0.05, 0) is 49.4 Å². The number of amides is 1. The van der Waals surface area contributed by atoms with Gasteiger partial charge in [0.15, 0.2) is 5.69 Å². The zero-order valence-electron chi connectivity index (χ0n) is 11.4. The molecule has 1 aromatic heterocycles. The van der Waals surface area contributed by atoms with Crippen LogP contribution in [0.2, 0.25) is 0 Å². The highest BCUT2D eigenvalue weighted by Crippen LogP contribution is 2.37. The first-order chi connectivity index (χ1) is 10.2. The molecule has 6 heteroatoms. The summed E-state index contributed by atoms with van der Waals surface area (Å²) in [6.07, 6.45) is 5.07. The van der Waals surface area contributed by atoms with Gasteiger partial charge in [0.1, 0.15) is 5.82 Å². The first-order valence-corrected chi connectivity index (χ1v) is 7.20. The molecule has 2 unspecified atom stereocenters. The van der Waals surface area contributed by atoms with Crippen LogP contribution in [0.4, 0.5) is 4.39 Å². The van der Waals surface area contributed by atoms with Gasteiger partial charge in [-0.3, -0.25) is 4.79 Å². The van der Waals surface area contributed by atoms with E-state index in [1.807, 2.05) is 4.90 Å². The summed E-state index contributed by atoms with van der Waals surface area (Å²) >= 11 is 0. The molecule has 0 spiro atoms. The fraction of sp³-hybridized carbons (Fsp3) is 0.400. The Morgan fingerprint density at radius 3 is 2.71 bits per heavy atom. The number of carbonyl (C=O) groups is 1. The van der Waals surface area contributed by atoms with Crippen molar-refractivity contribution in [3.63, 3.8) is 0 Å².